The minimum atomic E-state index is 0.721. The van der Waals surface area contributed by atoms with Gasteiger partial charge in [-0.25, -0.2) is 0 Å². The third kappa shape index (κ3) is 5.34. The van der Waals surface area contributed by atoms with Crippen molar-refractivity contribution >= 4 is 0 Å². The van der Waals surface area contributed by atoms with Gasteiger partial charge in [-0.2, -0.15) is 0 Å². The molecule has 0 aliphatic heterocycles. The maximum atomic E-state index is 2.65. The van der Waals surface area contributed by atoms with E-state index in [9.17, 15) is 0 Å². The second kappa shape index (κ2) is 7.32. The van der Waals surface area contributed by atoms with Gasteiger partial charge in [-0.05, 0) is 58.0 Å². The molecule has 0 N–H and O–H groups in total. The van der Waals surface area contributed by atoms with Gasteiger partial charge in [-0.1, -0.05) is 33.1 Å². The predicted octanol–water partition coefficient (Wildman–Crippen LogP) is 4.32. The summed E-state index contributed by atoms with van der Waals surface area (Å²) in [5.41, 5.74) is 0. The smallest absolute Gasteiger partial charge is 0.00385 e. The summed E-state index contributed by atoms with van der Waals surface area (Å²) in [6.07, 6.45) is 8.63. The van der Waals surface area contributed by atoms with Gasteiger partial charge in [-0.3, -0.25) is 0 Å². The number of hydrogen-bond acceptors (Lipinski definition) is 1. The van der Waals surface area contributed by atoms with Crippen LogP contribution in [0.2, 0.25) is 0 Å². The van der Waals surface area contributed by atoms with Gasteiger partial charge in [0.05, 0.1) is 0 Å². The van der Waals surface area contributed by atoms with Gasteiger partial charge in [0.1, 0.15) is 0 Å². The first-order valence-electron chi connectivity index (χ1n) is 7.41. The fourth-order valence-corrected chi connectivity index (χ4v) is 2.58. The van der Waals surface area contributed by atoms with Crippen molar-refractivity contribution in [2.75, 3.05) is 13.1 Å². The van der Waals surface area contributed by atoms with E-state index < -0.39 is 0 Å². The predicted molar refractivity (Wildman–Crippen MR) is 72.7 cm³/mol. The molecule has 1 unspecified atom stereocenters. The summed E-state index contributed by atoms with van der Waals surface area (Å²) in [6, 6.07) is 0.721. The molecule has 0 heterocycles. The highest BCUT2D eigenvalue weighted by Crippen LogP contribution is 2.37. The highest BCUT2D eigenvalue weighted by atomic mass is 15.1. The van der Waals surface area contributed by atoms with Gasteiger partial charge >= 0.3 is 0 Å². The lowest BCUT2D eigenvalue weighted by atomic mass is 9.95. The van der Waals surface area contributed by atoms with Crippen LogP contribution >= 0.6 is 0 Å². The molecule has 0 aromatic carbocycles. The Bertz CT molecular complexity index is 172. The van der Waals surface area contributed by atoms with E-state index in [1.165, 1.54) is 51.6 Å². The first kappa shape index (κ1) is 14.0. The average molecular weight is 225 g/mol. The van der Waals surface area contributed by atoms with Gasteiger partial charge in [-0.15, -0.1) is 0 Å². The zero-order valence-electron chi connectivity index (χ0n) is 11.8. The van der Waals surface area contributed by atoms with E-state index in [1.54, 1.807) is 0 Å². The lowest BCUT2D eigenvalue weighted by Gasteiger charge is -2.28. The molecule has 0 radical (unpaired) electrons. The van der Waals surface area contributed by atoms with E-state index in [-0.39, 0.29) is 0 Å². The van der Waals surface area contributed by atoms with Crippen molar-refractivity contribution in [1.29, 1.82) is 0 Å². The Hall–Kier alpha value is -0.0400. The molecule has 1 aliphatic rings. The molecular formula is C15H31N. The van der Waals surface area contributed by atoms with Crippen LogP contribution in [0.25, 0.3) is 0 Å². The third-order valence-electron chi connectivity index (χ3n) is 4.01. The molecule has 0 amide bonds. The normalized spacial score (nSPS) is 18.4. The van der Waals surface area contributed by atoms with Gasteiger partial charge < -0.3 is 4.90 Å². The summed E-state index contributed by atoms with van der Waals surface area (Å²) in [7, 11) is 0. The van der Waals surface area contributed by atoms with Crippen LogP contribution < -0.4 is 0 Å². The minimum Gasteiger partial charge on any atom is -0.301 e. The van der Waals surface area contributed by atoms with Crippen molar-refractivity contribution in [3.05, 3.63) is 0 Å². The van der Waals surface area contributed by atoms with Crippen molar-refractivity contribution in [3.63, 3.8) is 0 Å². The monoisotopic (exact) mass is 225 g/mol. The maximum absolute atomic E-state index is 2.65. The van der Waals surface area contributed by atoms with Crippen molar-refractivity contribution in [1.82, 2.24) is 4.90 Å². The third-order valence-corrected chi connectivity index (χ3v) is 4.01. The number of nitrogens with zero attached hydrogens (tertiary/aromatic N) is 1. The molecule has 1 aliphatic carbocycles. The Kier molecular flexibility index (Phi) is 6.41. The summed E-state index contributed by atoms with van der Waals surface area (Å²) in [5.74, 6) is 2.09. The Morgan fingerprint density at radius 1 is 1.12 bits per heavy atom. The van der Waals surface area contributed by atoms with Crippen LogP contribution in [-0.2, 0) is 0 Å². The van der Waals surface area contributed by atoms with Crippen LogP contribution in [0, 0.1) is 11.8 Å². The van der Waals surface area contributed by atoms with Crippen LogP contribution in [0.15, 0.2) is 0 Å². The molecular weight excluding hydrogens is 194 g/mol. The maximum Gasteiger partial charge on any atom is 0.00385 e. The topological polar surface area (TPSA) is 3.24 Å². The Morgan fingerprint density at radius 2 is 1.81 bits per heavy atom. The molecule has 1 rings (SSSR count). The minimum absolute atomic E-state index is 0.721. The first-order chi connectivity index (χ1) is 7.67. The van der Waals surface area contributed by atoms with Crippen molar-refractivity contribution < 1.29 is 0 Å². The van der Waals surface area contributed by atoms with Crippen LogP contribution in [0.1, 0.15) is 66.2 Å². The van der Waals surface area contributed by atoms with Crippen molar-refractivity contribution in [3.8, 4) is 0 Å². The summed E-state index contributed by atoms with van der Waals surface area (Å²) in [5, 5.41) is 0. The molecule has 16 heavy (non-hydrogen) atoms. The van der Waals surface area contributed by atoms with E-state index in [0.717, 1.165) is 17.9 Å². The lowest BCUT2D eigenvalue weighted by Crippen LogP contribution is -2.33. The molecule has 1 saturated carbocycles. The Balaban J connectivity index is 2.21. The van der Waals surface area contributed by atoms with E-state index >= 15 is 0 Å². The molecule has 1 heteroatoms. The summed E-state index contributed by atoms with van der Waals surface area (Å²) in [4.78, 5) is 2.65. The SMILES string of the molecule is CCCN(CCC(CC)CC1CC1)C(C)C. The lowest BCUT2D eigenvalue weighted by molar-refractivity contribution is 0.200. The summed E-state index contributed by atoms with van der Waals surface area (Å²) < 4.78 is 0. The fourth-order valence-electron chi connectivity index (χ4n) is 2.58. The van der Waals surface area contributed by atoms with Gasteiger partial charge in [0, 0.05) is 6.04 Å². The second-order valence-electron chi connectivity index (χ2n) is 5.87. The van der Waals surface area contributed by atoms with E-state index in [2.05, 4.69) is 32.6 Å². The standard InChI is InChI=1S/C15H31N/c1-5-10-16(13(3)4)11-9-14(6-2)12-15-7-8-15/h13-15H,5-12H2,1-4H3. The van der Waals surface area contributed by atoms with Crippen LogP contribution in [0.5, 0.6) is 0 Å². The molecule has 0 saturated heterocycles. The zero-order valence-corrected chi connectivity index (χ0v) is 11.8. The number of hydrogen-bond donors (Lipinski definition) is 0. The molecule has 1 atom stereocenters. The largest absolute Gasteiger partial charge is 0.301 e. The Morgan fingerprint density at radius 3 is 2.25 bits per heavy atom. The molecule has 0 bridgehead atoms. The highest BCUT2D eigenvalue weighted by molar-refractivity contribution is 4.77. The number of rotatable bonds is 9. The highest BCUT2D eigenvalue weighted by Gasteiger charge is 2.24. The first-order valence-corrected chi connectivity index (χ1v) is 7.41. The molecule has 0 aromatic heterocycles. The quantitative estimate of drug-likeness (QED) is 0.565. The summed E-state index contributed by atoms with van der Waals surface area (Å²) >= 11 is 0. The zero-order chi connectivity index (χ0) is 12.0. The Labute approximate surface area is 103 Å². The second-order valence-corrected chi connectivity index (χ2v) is 5.87. The van der Waals surface area contributed by atoms with Crippen LogP contribution in [0.4, 0.5) is 0 Å². The summed E-state index contributed by atoms with van der Waals surface area (Å²) in [6.45, 7) is 11.9. The van der Waals surface area contributed by atoms with Crippen LogP contribution in [0.3, 0.4) is 0 Å². The molecule has 1 nitrogen and oxygen atoms in total. The molecule has 0 spiro atoms. The van der Waals surface area contributed by atoms with Gasteiger partial charge in [0.25, 0.3) is 0 Å². The fraction of sp³-hybridized carbons (Fsp3) is 1.00. The van der Waals surface area contributed by atoms with Gasteiger partial charge in [0.15, 0.2) is 0 Å². The van der Waals surface area contributed by atoms with Gasteiger partial charge in [0.2, 0.25) is 0 Å². The van der Waals surface area contributed by atoms with E-state index in [0.29, 0.717) is 0 Å². The average Bonchev–Trinajstić information content (AvgIpc) is 3.05. The van der Waals surface area contributed by atoms with Crippen molar-refractivity contribution in [2.45, 2.75) is 72.3 Å². The van der Waals surface area contributed by atoms with Crippen LogP contribution in [-0.4, -0.2) is 24.0 Å². The molecule has 0 aromatic rings. The molecule has 1 fully saturated rings. The van der Waals surface area contributed by atoms with E-state index in [1.807, 2.05) is 0 Å². The van der Waals surface area contributed by atoms with E-state index in [4.69, 9.17) is 0 Å². The molecule has 96 valence electrons. The van der Waals surface area contributed by atoms with Crippen molar-refractivity contribution in [2.24, 2.45) is 11.8 Å².